The number of imidazole rings is 1. The molecule has 4 rings (SSSR count). The van der Waals surface area contributed by atoms with Crippen molar-refractivity contribution in [2.75, 3.05) is 13.1 Å². The van der Waals surface area contributed by atoms with Crippen LogP contribution in [-0.4, -0.2) is 22.6 Å². The Morgan fingerprint density at radius 3 is 2.95 bits per heavy atom. The van der Waals surface area contributed by atoms with Gasteiger partial charge in [0.05, 0.1) is 11.0 Å². The van der Waals surface area contributed by atoms with Crippen molar-refractivity contribution in [1.29, 1.82) is 0 Å². The van der Waals surface area contributed by atoms with Crippen molar-refractivity contribution < 1.29 is 0 Å². The highest BCUT2D eigenvalue weighted by molar-refractivity contribution is 9.10. The highest BCUT2D eigenvalue weighted by Gasteiger charge is 2.41. The number of hydrogen-bond donors (Lipinski definition) is 1. The van der Waals surface area contributed by atoms with Gasteiger partial charge in [-0.25, -0.2) is 4.98 Å². The third-order valence-corrected chi connectivity index (χ3v) is 5.50. The molecule has 3 nitrogen and oxygen atoms in total. The minimum absolute atomic E-state index is 0.239. The van der Waals surface area contributed by atoms with Crippen molar-refractivity contribution in [2.24, 2.45) is 0 Å². The van der Waals surface area contributed by atoms with Crippen molar-refractivity contribution in [3.8, 4) is 0 Å². The van der Waals surface area contributed by atoms with Crippen LogP contribution in [0.3, 0.4) is 0 Å². The maximum Gasteiger partial charge on any atom is 0.117 e. The van der Waals surface area contributed by atoms with E-state index >= 15 is 0 Å². The van der Waals surface area contributed by atoms with Crippen LogP contribution < -0.4 is 5.32 Å². The number of fused-ring (bicyclic) bond motifs is 1. The second-order valence-electron chi connectivity index (χ2n) is 6.63. The monoisotopic (exact) mass is 347 g/mol. The summed E-state index contributed by atoms with van der Waals surface area (Å²) in [5, 5.41) is 3.58. The number of benzene rings is 1. The van der Waals surface area contributed by atoms with Crippen LogP contribution in [0.15, 0.2) is 22.7 Å². The van der Waals surface area contributed by atoms with Gasteiger partial charge in [0.1, 0.15) is 5.82 Å². The van der Waals surface area contributed by atoms with E-state index in [-0.39, 0.29) is 5.41 Å². The molecule has 1 aliphatic carbocycles. The Morgan fingerprint density at radius 2 is 2.29 bits per heavy atom. The lowest BCUT2D eigenvalue weighted by molar-refractivity contribution is 0.386. The zero-order chi connectivity index (χ0) is 14.4. The molecular formula is C17H22BrN3. The predicted octanol–water partition coefficient (Wildman–Crippen LogP) is 4.16. The Kier molecular flexibility index (Phi) is 3.34. The zero-order valence-corrected chi connectivity index (χ0v) is 14.1. The molecule has 0 spiro atoms. The van der Waals surface area contributed by atoms with E-state index in [0.717, 1.165) is 23.1 Å². The summed E-state index contributed by atoms with van der Waals surface area (Å²) in [5.74, 6) is 1.34. The summed E-state index contributed by atoms with van der Waals surface area (Å²) in [4.78, 5) is 5.10. The van der Waals surface area contributed by atoms with Gasteiger partial charge < -0.3 is 9.88 Å². The highest BCUT2D eigenvalue weighted by Crippen LogP contribution is 2.44. The van der Waals surface area contributed by atoms with Gasteiger partial charge in [0, 0.05) is 22.5 Å². The average Bonchev–Trinajstić information content (AvgIpc) is 3.07. The van der Waals surface area contributed by atoms with Crippen LogP contribution in [0.4, 0.5) is 0 Å². The lowest BCUT2D eigenvalue weighted by atomic mass is 9.81. The number of nitrogens with one attached hydrogen (secondary N) is 1. The summed E-state index contributed by atoms with van der Waals surface area (Å²) < 4.78 is 3.68. The van der Waals surface area contributed by atoms with E-state index in [4.69, 9.17) is 4.98 Å². The SMILES string of the molecule is CCCC1(c2nc3cc(Br)ccc3n2C2CC2)CCNC1. The Labute approximate surface area is 134 Å². The topological polar surface area (TPSA) is 29.9 Å². The molecule has 1 N–H and O–H groups in total. The summed E-state index contributed by atoms with van der Waals surface area (Å²) >= 11 is 3.58. The Hall–Kier alpha value is -0.870. The smallest absolute Gasteiger partial charge is 0.117 e. The van der Waals surface area contributed by atoms with Gasteiger partial charge in [-0.2, -0.15) is 0 Å². The number of rotatable bonds is 4. The fraction of sp³-hybridized carbons (Fsp3) is 0.588. The summed E-state index contributed by atoms with van der Waals surface area (Å²) in [6, 6.07) is 7.22. The summed E-state index contributed by atoms with van der Waals surface area (Å²) in [6.45, 7) is 4.50. The molecule has 1 unspecified atom stereocenters. The van der Waals surface area contributed by atoms with Gasteiger partial charge in [-0.15, -0.1) is 0 Å². The Bertz CT molecular complexity index is 666. The van der Waals surface area contributed by atoms with E-state index in [2.05, 4.69) is 50.9 Å². The fourth-order valence-corrected chi connectivity index (χ4v) is 4.24. The normalized spacial score (nSPS) is 25.8. The third-order valence-electron chi connectivity index (χ3n) is 5.01. The van der Waals surface area contributed by atoms with Crippen molar-refractivity contribution in [2.45, 2.75) is 50.5 Å². The maximum atomic E-state index is 5.10. The molecule has 112 valence electrons. The molecule has 21 heavy (non-hydrogen) atoms. The zero-order valence-electron chi connectivity index (χ0n) is 12.5. The van der Waals surface area contributed by atoms with Gasteiger partial charge >= 0.3 is 0 Å². The number of aromatic nitrogens is 2. The summed E-state index contributed by atoms with van der Waals surface area (Å²) in [6.07, 6.45) is 6.29. The lowest BCUT2D eigenvalue weighted by Gasteiger charge is -2.28. The largest absolute Gasteiger partial charge is 0.324 e. The third kappa shape index (κ3) is 2.23. The molecule has 0 bridgehead atoms. The van der Waals surface area contributed by atoms with E-state index in [1.165, 1.54) is 43.4 Å². The minimum atomic E-state index is 0.239. The molecule has 4 heteroatoms. The van der Waals surface area contributed by atoms with Gasteiger partial charge in [-0.1, -0.05) is 29.3 Å². The molecule has 2 fully saturated rings. The van der Waals surface area contributed by atoms with Crippen molar-refractivity contribution >= 4 is 27.0 Å². The van der Waals surface area contributed by atoms with Crippen LogP contribution in [-0.2, 0) is 5.41 Å². The predicted molar refractivity (Wildman–Crippen MR) is 89.8 cm³/mol. The number of hydrogen-bond acceptors (Lipinski definition) is 2. The molecule has 2 aromatic rings. The van der Waals surface area contributed by atoms with Crippen molar-refractivity contribution in [3.63, 3.8) is 0 Å². The van der Waals surface area contributed by atoms with E-state index in [1.54, 1.807) is 0 Å². The quantitative estimate of drug-likeness (QED) is 0.899. The molecule has 1 saturated carbocycles. The van der Waals surface area contributed by atoms with Crippen molar-refractivity contribution in [3.05, 3.63) is 28.5 Å². The van der Waals surface area contributed by atoms with Gasteiger partial charge in [0.25, 0.3) is 0 Å². The van der Waals surface area contributed by atoms with E-state index < -0.39 is 0 Å². The van der Waals surface area contributed by atoms with Crippen LogP contribution in [0.1, 0.15) is 50.9 Å². The first-order valence-corrected chi connectivity index (χ1v) is 8.91. The minimum Gasteiger partial charge on any atom is -0.324 e. The van der Waals surface area contributed by atoms with Gasteiger partial charge in [0.15, 0.2) is 0 Å². The molecular weight excluding hydrogens is 326 g/mol. The molecule has 0 amide bonds. The first kappa shape index (κ1) is 13.8. The van der Waals surface area contributed by atoms with Gasteiger partial charge in [-0.05, 0) is 50.4 Å². The number of halogens is 1. The molecule has 1 saturated heterocycles. The molecule has 0 radical (unpaired) electrons. The Balaban J connectivity index is 1.92. The maximum absolute atomic E-state index is 5.10. The number of nitrogens with zero attached hydrogens (tertiary/aromatic N) is 2. The second-order valence-corrected chi connectivity index (χ2v) is 7.54. The van der Waals surface area contributed by atoms with Crippen LogP contribution in [0.2, 0.25) is 0 Å². The summed E-state index contributed by atoms with van der Waals surface area (Å²) in [7, 11) is 0. The molecule has 1 aliphatic heterocycles. The van der Waals surface area contributed by atoms with Gasteiger partial charge in [-0.3, -0.25) is 0 Å². The fourth-order valence-electron chi connectivity index (χ4n) is 3.89. The highest BCUT2D eigenvalue weighted by atomic mass is 79.9. The van der Waals surface area contributed by atoms with Crippen LogP contribution >= 0.6 is 15.9 Å². The van der Waals surface area contributed by atoms with Crippen LogP contribution in [0.25, 0.3) is 11.0 Å². The standard InChI is InChI=1S/C17H22BrN3/c1-2-7-17(8-9-19-11-17)16-20-14-10-12(18)3-6-15(14)21(16)13-4-5-13/h3,6,10,13,19H,2,4-5,7-9,11H2,1H3. The van der Waals surface area contributed by atoms with Gasteiger partial charge in [0.2, 0.25) is 0 Å². The van der Waals surface area contributed by atoms with E-state index in [0.29, 0.717) is 6.04 Å². The Morgan fingerprint density at radius 1 is 1.43 bits per heavy atom. The molecule has 1 atom stereocenters. The average molecular weight is 348 g/mol. The van der Waals surface area contributed by atoms with E-state index in [1.807, 2.05) is 0 Å². The van der Waals surface area contributed by atoms with Crippen LogP contribution in [0, 0.1) is 0 Å². The summed E-state index contributed by atoms with van der Waals surface area (Å²) in [5.41, 5.74) is 2.70. The van der Waals surface area contributed by atoms with Crippen LogP contribution in [0.5, 0.6) is 0 Å². The first-order chi connectivity index (χ1) is 10.2. The second kappa shape index (κ2) is 5.10. The molecule has 1 aromatic carbocycles. The first-order valence-electron chi connectivity index (χ1n) is 8.12. The van der Waals surface area contributed by atoms with E-state index in [9.17, 15) is 0 Å². The molecule has 1 aromatic heterocycles. The molecule has 2 aliphatic rings. The lowest BCUT2D eigenvalue weighted by Crippen LogP contribution is -2.32. The molecule has 2 heterocycles. The van der Waals surface area contributed by atoms with Crippen molar-refractivity contribution in [1.82, 2.24) is 14.9 Å².